The maximum atomic E-state index is 14.3. The van der Waals surface area contributed by atoms with Gasteiger partial charge in [0.05, 0.1) is 18.1 Å². The fourth-order valence-electron chi connectivity index (χ4n) is 6.81. The number of hydrogen-bond donors (Lipinski definition) is 7. The smallest absolute Gasteiger partial charge is 0.338 e. The van der Waals surface area contributed by atoms with Crippen molar-refractivity contribution in [2.75, 3.05) is 6.54 Å². The highest BCUT2D eigenvalue weighted by atomic mass is 16.6. The number of nitrogens with one attached hydrogen (secondary N) is 4. The number of phenolic OH excluding ortho intramolecular Hbond substituents is 1. The fourth-order valence-corrected chi connectivity index (χ4v) is 6.81. The van der Waals surface area contributed by atoms with Crippen molar-refractivity contribution in [3.63, 3.8) is 0 Å². The van der Waals surface area contributed by atoms with Crippen molar-refractivity contribution in [3.8, 4) is 11.8 Å². The number of ketones is 1. The van der Waals surface area contributed by atoms with E-state index in [9.17, 15) is 44.1 Å². The van der Waals surface area contributed by atoms with Crippen LogP contribution in [0.25, 0.3) is 0 Å². The molecule has 330 valence electrons. The predicted molar refractivity (Wildman–Crippen MR) is 221 cm³/mol. The lowest BCUT2D eigenvalue weighted by molar-refractivity contribution is -0.156. The molecule has 3 heterocycles. The van der Waals surface area contributed by atoms with Crippen LogP contribution in [0.3, 0.4) is 0 Å². The van der Waals surface area contributed by atoms with E-state index in [1.165, 1.54) is 42.5 Å². The van der Waals surface area contributed by atoms with Gasteiger partial charge in [0, 0.05) is 37.8 Å². The first-order valence-corrected chi connectivity index (χ1v) is 20.3. The topological polar surface area (TPSA) is 262 Å². The third-order valence-corrected chi connectivity index (χ3v) is 10.4. The highest BCUT2D eigenvalue weighted by molar-refractivity contribution is 5.93. The molecule has 3 amide bonds. The van der Waals surface area contributed by atoms with E-state index in [-0.39, 0.29) is 49.8 Å². The number of hydrogen-bond acceptors (Lipinski definition) is 14. The molecule has 2 aliphatic rings. The zero-order valence-electron chi connectivity index (χ0n) is 35.0. The highest BCUT2D eigenvalue weighted by Crippen LogP contribution is 2.24. The van der Waals surface area contributed by atoms with Crippen LogP contribution in [-0.4, -0.2) is 114 Å². The Morgan fingerprint density at radius 1 is 1.08 bits per heavy atom. The summed E-state index contributed by atoms with van der Waals surface area (Å²) < 4.78 is 11.0. The molecule has 0 saturated carbocycles. The number of Topliss-reactive ketones (excluding diaryl/α,β-unsaturated/α-hetero) is 1. The third kappa shape index (κ3) is 14.6. The Morgan fingerprint density at radius 3 is 2.54 bits per heavy atom. The van der Waals surface area contributed by atoms with Gasteiger partial charge in [-0.2, -0.15) is 10.1 Å². The normalized spacial score (nSPS) is 27.6. The number of cyclic esters (lactones) is 1. The second-order valence-corrected chi connectivity index (χ2v) is 15.6. The first-order chi connectivity index (χ1) is 29.0. The number of H-pyrrole nitrogens is 1. The lowest BCUT2D eigenvalue weighted by Crippen LogP contribution is -2.62. The molecule has 61 heavy (non-hydrogen) atoms. The number of esters is 2. The van der Waals surface area contributed by atoms with E-state index >= 15 is 0 Å². The van der Waals surface area contributed by atoms with Crippen LogP contribution in [0.1, 0.15) is 72.3 Å². The van der Waals surface area contributed by atoms with Crippen molar-refractivity contribution >= 4 is 35.4 Å². The van der Waals surface area contributed by atoms with Gasteiger partial charge in [-0.3, -0.25) is 24.2 Å². The molecule has 2 bridgehead atoms. The minimum Gasteiger partial charge on any atom is -0.508 e. The van der Waals surface area contributed by atoms with E-state index in [2.05, 4.69) is 31.2 Å². The number of aromatic nitrogens is 3. The molecule has 0 spiro atoms. The maximum Gasteiger partial charge on any atom is 0.338 e. The highest BCUT2D eigenvalue weighted by Gasteiger charge is 2.38. The summed E-state index contributed by atoms with van der Waals surface area (Å²) in [4.78, 5) is 84.1. The zero-order chi connectivity index (χ0) is 44.6. The summed E-state index contributed by atoms with van der Waals surface area (Å²) in [6, 6.07) is 2.72. The molecule has 7 N–H and O–H groups in total. The van der Waals surface area contributed by atoms with Gasteiger partial charge in [0.1, 0.15) is 42.1 Å². The summed E-state index contributed by atoms with van der Waals surface area (Å²) in [6.45, 7) is 8.20. The maximum absolute atomic E-state index is 14.3. The number of phenols is 1. The van der Waals surface area contributed by atoms with Crippen LogP contribution >= 0.6 is 0 Å². The van der Waals surface area contributed by atoms with E-state index in [0.717, 1.165) is 6.08 Å². The van der Waals surface area contributed by atoms with E-state index in [4.69, 9.17) is 9.47 Å². The number of aliphatic hydroxyl groups excluding tert-OH is 2. The van der Waals surface area contributed by atoms with Gasteiger partial charge in [-0.05, 0) is 62.3 Å². The molecule has 4 rings (SSSR count). The minimum atomic E-state index is -1.44. The average molecular weight is 848 g/mol. The van der Waals surface area contributed by atoms with Crippen molar-refractivity contribution in [2.24, 2.45) is 17.8 Å². The number of rotatable bonds is 10. The second kappa shape index (κ2) is 23.1. The Morgan fingerprint density at radius 2 is 1.85 bits per heavy atom. The minimum absolute atomic E-state index is 0.0401. The third-order valence-electron chi connectivity index (χ3n) is 10.4. The first-order valence-electron chi connectivity index (χ1n) is 20.3. The molecule has 0 radical (unpaired) electrons. The lowest BCUT2D eigenvalue weighted by Gasteiger charge is -2.36. The van der Waals surface area contributed by atoms with Crippen LogP contribution in [0.15, 0.2) is 78.7 Å². The molecule has 1 saturated heterocycles. The number of fused-ring (bicyclic) bond motifs is 2. The van der Waals surface area contributed by atoms with E-state index in [1.54, 1.807) is 64.1 Å². The van der Waals surface area contributed by atoms with Gasteiger partial charge in [-0.15, -0.1) is 0 Å². The van der Waals surface area contributed by atoms with E-state index in [1.807, 2.05) is 0 Å². The van der Waals surface area contributed by atoms with Gasteiger partial charge >= 0.3 is 17.9 Å². The Hall–Kier alpha value is -5.98. The Kier molecular flexibility index (Phi) is 18.1. The number of aromatic amines is 1. The van der Waals surface area contributed by atoms with E-state index in [0.29, 0.717) is 24.0 Å². The van der Waals surface area contributed by atoms with Crippen molar-refractivity contribution in [2.45, 2.75) is 110 Å². The van der Waals surface area contributed by atoms with Gasteiger partial charge in [0.25, 0.3) is 5.91 Å². The summed E-state index contributed by atoms with van der Waals surface area (Å²) in [5.41, 5.74) is 4.04. The van der Waals surface area contributed by atoms with Crippen molar-refractivity contribution in [1.82, 2.24) is 36.2 Å². The largest absolute Gasteiger partial charge is 0.508 e. The molecule has 18 nitrogen and oxygen atoms in total. The molecule has 1 unspecified atom stereocenters. The van der Waals surface area contributed by atoms with Crippen LogP contribution in [0.5, 0.6) is 11.8 Å². The number of allylic oxidation sites excluding steroid dienone is 4. The summed E-state index contributed by atoms with van der Waals surface area (Å²) in [5.74, 6) is -6.26. The van der Waals surface area contributed by atoms with Crippen molar-refractivity contribution < 1.29 is 53.6 Å². The number of nitrogens with zero attached hydrogens (tertiary/aromatic N) is 3. The van der Waals surface area contributed by atoms with Gasteiger partial charge < -0.3 is 40.2 Å². The van der Waals surface area contributed by atoms with E-state index < -0.39 is 83.9 Å². The fraction of sp³-hybridized carbons (Fsp3) is 0.488. The Labute approximate surface area is 354 Å². The van der Waals surface area contributed by atoms with Crippen molar-refractivity contribution in [1.29, 1.82) is 0 Å². The quantitative estimate of drug-likeness (QED) is 0.103. The number of carbonyl (C=O) groups is 6. The Bertz CT molecular complexity index is 1960. The predicted octanol–water partition coefficient (Wildman–Crippen LogP) is 2.05. The summed E-state index contributed by atoms with van der Waals surface area (Å²) in [6.07, 6.45) is 8.80. The number of amides is 3. The number of carbonyl (C=O) groups excluding carboxylic acids is 6. The molecule has 18 heteroatoms. The van der Waals surface area contributed by atoms with Crippen LogP contribution in [-0.2, 0) is 39.9 Å². The number of aliphatic hydroxyl groups is 2. The van der Waals surface area contributed by atoms with Crippen LogP contribution in [0.4, 0.5) is 0 Å². The molecule has 1 aromatic carbocycles. The van der Waals surface area contributed by atoms with Gasteiger partial charge in [0.2, 0.25) is 11.8 Å². The van der Waals surface area contributed by atoms with Gasteiger partial charge in [-0.25, -0.2) is 15.3 Å². The monoisotopic (exact) mass is 847 g/mol. The first kappa shape index (κ1) is 47.7. The number of ether oxygens (including phenoxy) is 2. The molecule has 0 aliphatic carbocycles. The zero-order valence-corrected chi connectivity index (χ0v) is 35.0. The second-order valence-electron chi connectivity index (χ2n) is 15.6. The number of hydrazine groups is 1. The van der Waals surface area contributed by atoms with Crippen LogP contribution in [0, 0.1) is 17.8 Å². The summed E-state index contributed by atoms with van der Waals surface area (Å²) in [7, 11) is 0. The van der Waals surface area contributed by atoms with Crippen molar-refractivity contribution in [3.05, 3.63) is 84.3 Å². The standard InChI is InChI=1S/C43H57N7O11/c1-25(2)37-40(57)46-33(23-29-13-10-14-30(52)22-29)41(58)50-21-11-15-32(49-50)42(59)60-35(26(3)12-9-18-36(54)61-43-44-24-45-48-43)17-8-6-7-16-34(53)28(5)38(55)31(39(56)47-37)20-19-27(4)51/h6-10,12-14,16,18,22,24-25,28,31-35,37-38,49,52-53,55H,11,15,17,19-21,23H2,1-5H3,(H,46,57)(H,47,56)(H,44,45,48)/b8-6+,16-7+,18-9+,26-12+/t28-,31+,32?,33-,34-,35-,37-,38+/m0/s1. The van der Waals surface area contributed by atoms with Gasteiger partial charge in [0.15, 0.2) is 0 Å². The number of benzene rings is 1. The summed E-state index contributed by atoms with van der Waals surface area (Å²) in [5, 5.41) is 45.5. The van der Waals surface area contributed by atoms with Crippen LogP contribution < -0.4 is 20.8 Å². The molecule has 1 aromatic heterocycles. The number of aromatic hydroxyl groups is 1. The average Bonchev–Trinajstić information content (AvgIpc) is 3.73. The molecule has 1 fully saturated rings. The molecule has 2 aliphatic heterocycles. The lowest BCUT2D eigenvalue weighted by atomic mass is 9.84. The SMILES string of the molecule is CC(=O)CC[C@H]1C(=O)N[C@@H](C(C)C)C(=O)N[C@@H](Cc2cccc(O)c2)C(=O)N2CCCC(N2)C(=O)O[C@H](/C(C)=C/C=C/C(=O)Oc2ncn[nH]2)C/C=C/C=C/[C@H](O)[C@H](C)[C@H]1O. The summed E-state index contributed by atoms with van der Waals surface area (Å²) >= 11 is 0. The molecule has 8 atom stereocenters. The molecular weight excluding hydrogens is 791 g/mol. The van der Waals surface area contributed by atoms with Gasteiger partial charge in [-0.1, -0.05) is 69.4 Å². The molecule has 2 aromatic rings. The molecular formula is C43H57N7O11. The Balaban J connectivity index is 1.70. The van der Waals surface area contributed by atoms with Crippen LogP contribution in [0.2, 0.25) is 0 Å².